The molecule has 9 nitrogen and oxygen atoms in total. The Labute approximate surface area is 113 Å². The second-order valence-corrected chi connectivity index (χ2v) is 4.56. The fraction of sp³-hybridized carbons (Fsp3) is 0.636. The maximum Gasteiger partial charge on any atom is 0.330 e. The quantitative estimate of drug-likeness (QED) is 0.487. The number of nitrogens with zero attached hydrogens (tertiary/aromatic N) is 4. The van der Waals surface area contributed by atoms with Crippen molar-refractivity contribution in [1.82, 2.24) is 9.55 Å². The van der Waals surface area contributed by atoms with Gasteiger partial charge in [-0.1, -0.05) is 12.0 Å². The van der Waals surface area contributed by atoms with Gasteiger partial charge in [0.15, 0.2) is 6.23 Å². The molecule has 0 aromatic carbocycles. The molecule has 0 spiro atoms. The summed E-state index contributed by atoms with van der Waals surface area (Å²) in [4.78, 5) is 27.8. The van der Waals surface area contributed by atoms with Gasteiger partial charge in [0.1, 0.15) is 6.10 Å². The van der Waals surface area contributed by atoms with Gasteiger partial charge < -0.3 is 9.47 Å². The minimum Gasteiger partial charge on any atom is -0.376 e. The van der Waals surface area contributed by atoms with E-state index in [2.05, 4.69) is 15.0 Å². The number of azide groups is 1. The summed E-state index contributed by atoms with van der Waals surface area (Å²) in [5.41, 5.74) is 7.33. The Bertz CT molecular complexity index is 632. The number of rotatable bonds is 4. The van der Waals surface area contributed by atoms with E-state index in [0.29, 0.717) is 0 Å². The van der Waals surface area contributed by atoms with Crippen LogP contribution in [0.25, 0.3) is 10.4 Å². The highest BCUT2D eigenvalue weighted by Gasteiger charge is 2.43. The Balaban J connectivity index is 2.32. The highest BCUT2D eigenvalue weighted by molar-refractivity contribution is 4.92. The molecule has 1 fully saturated rings. The van der Waals surface area contributed by atoms with Crippen LogP contribution in [0.4, 0.5) is 0 Å². The molecule has 1 aromatic rings. The molecular weight excluding hydrogens is 266 g/mol. The third-order valence-electron chi connectivity index (χ3n) is 3.42. The van der Waals surface area contributed by atoms with Crippen LogP contribution in [-0.2, 0) is 9.47 Å². The first kappa shape index (κ1) is 14.3. The molecule has 2 heterocycles. The lowest BCUT2D eigenvalue weighted by atomic mass is 10.0. The van der Waals surface area contributed by atoms with Crippen LogP contribution in [0, 0.1) is 5.92 Å². The lowest BCUT2D eigenvalue weighted by Crippen LogP contribution is -2.36. The Kier molecular flexibility index (Phi) is 4.23. The highest BCUT2D eigenvalue weighted by Crippen LogP contribution is 2.34. The first-order chi connectivity index (χ1) is 9.58. The zero-order chi connectivity index (χ0) is 14.7. The molecule has 1 aliphatic heterocycles. The molecule has 0 aliphatic carbocycles. The first-order valence-corrected chi connectivity index (χ1v) is 6.09. The summed E-state index contributed by atoms with van der Waals surface area (Å²) < 4.78 is 12.4. The van der Waals surface area contributed by atoms with Crippen molar-refractivity contribution in [2.24, 2.45) is 11.0 Å². The van der Waals surface area contributed by atoms with Gasteiger partial charge in [-0.25, -0.2) is 4.79 Å². The van der Waals surface area contributed by atoms with Gasteiger partial charge in [0, 0.05) is 30.2 Å². The molecule has 4 atom stereocenters. The van der Waals surface area contributed by atoms with E-state index in [0.717, 1.165) is 0 Å². The zero-order valence-electron chi connectivity index (χ0n) is 11.1. The van der Waals surface area contributed by atoms with Crippen LogP contribution in [0.15, 0.2) is 27.0 Å². The summed E-state index contributed by atoms with van der Waals surface area (Å²) >= 11 is 0. The maximum absolute atomic E-state index is 11.8. The minimum absolute atomic E-state index is 0.0608. The van der Waals surface area contributed by atoms with E-state index in [-0.39, 0.29) is 24.7 Å². The largest absolute Gasteiger partial charge is 0.376 e. The number of ether oxygens (including phenoxy) is 2. The number of aromatic nitrogens is 2. The maximum atomic E-state index is 11.8. The average molecular weight is 281 g/mol. The molecule has 9 heteroatoms. The van der Waals surface area contributed by atoms with E-state index in [1.54, 1.807) is 0 Å². The predicted octanol–water partition coefficient (Wildman–Crippen LogP) is 0.395. The minimum atomic E-state index is -0.668. The molecule has 0 unspecified atom stereocenters. The lowest BCUT2D eigenvalue weighted by molar-refractivity contribution is -0.0506. The second kappa shape index (κ2) is 5.91. The van der Waals surface area contributed by atoms with Gasteiger partial charge in [0.05, 0.1) is 12.6 Å². The van der Waals surface area contributed by atoms with Gasteiger partial charge >= 0.3 is 5.69 Å². The SMILES string of the molecule is CO[C@@H]1[C@H](C)[C@@H](CN=[N+]=[N-])O[C@H]1n1ccc(=O)[nH]c1=O. The topological polar surface area (TPSA) is 122 Å². The molecule has 2 rings (SSSR count). The smallest absolute Gasteiger partial charge is 0.330 e. The van der Waals surface area contributed by atoms with Crippen LogP contribution in [-0.4, -0.2) is 35.4 Å². The van der Waals surface area contributed by atoms with Crippen molar-refractivity contribution in [3.63, 3.8) is 0 Å². The van der Waals surface area contributed by atoms with Crippen molar-refractivity contribution in [3.05, 3.63) is 43.5 Å². The molecule has 1 N–H and O–H groups in total. The number of hydrogen-bond donors (Lipinski definition) is 1. The number of aromatic amines is 1. The fourth-order valence-electron chi connectivity index (χ4n) is 2.36. The van der Waals surface area contributed by atoms with Gasteiger partial charge in [-0.2, -0.15) is 0 Å². The number of hydrogen-bond acceptors (Lipinski definition) is 5. The van der Waals surface area contributed by atoms with E-state index in [1.165, 1.54) is 23.9 Å². The Morgan fingerprint density at radius 3 is 2.95 bits per heavy atom. The summed E-state index contributed by atoms with van der Waals surface area (Å²) in [5.74, 6) is -0.0608. The third-order valence-corrected chi connectivity index (χ3v) is 3.42. The number of nitrogens with one attached hydrogen (secondary N) is 1. The normalized spacial score (nSPS) is 29.1. The first-order valence-electron chi connectivity index (χ1n) is 6.09. The van der Waals surface area contributed by atoms with Gasteiger partial charge in [0.2, 0.25) is 0 Å². The molecule has 108 valence electrons. The molecule has 1 aliphatic rings. The van der Waals surface area contributed by atoms with Gasteiger partial charge in [-0.05, 0) is 5.53 Å². The molecule has 1 aromatic heterocycles. The molecular formula is C11H15N5O4. The van der Waals surface area contributed by atoms with Crippen molar-refractivity contribution in [2.75, 3.05) is 13.7 Å². The monoisotopic (exact) mass is 281 g/mol. The van der Waals surface area contributed by atoms with Gasteiger partial charge in [-0.3, -0.25) is 14.3 Å². The fourth-order valence-corrected chi connectivity index (χ4v) is 2.36. The van der Waals surface area contributed by atoms with Gasteiger partial charge in [0.25, 0.3) is 5.56 Å². The standard InChI is InChI=1S/C11H15N5O4/c1-6-7(5-13-15-12)20-10(9(6)19-2)16-4-3-8(17)14-11(16)18/h3-4,6-7,9-10H,5H2,1-2H3,(H,14,17,18)/t6-,7-,9-,10-/m1/s1. The summed E-state index contributed by atoms with van der Waals surface area (Å²) in [6.45, 7) is 2.05. The van der Waals surface area contributed by atoms with Crippen molar-refractivity contribution in [3.8, 4) is 0 Å². The molecule has 1 saturated heterocycles. The van der Waals surface area contributed by atoms with E-state index in [9.17, 15) is 9.59 Å². The van der Waals surface area contributed by atoms with Crippen LogP contribution in [0.3, 0.4) is 0 Å². The molecule has 0 amide bonds. The summed E-state index contributed by atoms with van der Waals surface area (Å²) in [7, 11) is 1.52. The van der Waals surface area contributed by atoms with Crippen molar-refractivity contribution < 1.29 is 9.47 Å². The van der Waals surface area contributed by atoms with Crippen LogP contribution in [0.1, 0.15) is 13.2 Å². The number of methoxy groups -OCH3 is 1. The van der Waals surface area contributed by atoms with Crippen LogP contribution in [0.2, 0.25) is 0 Å². The number of H-pyrrole nitrogens is 1. The van der Waals surface area contributed by atoms with E-state index in [1.807, 2.05) is 6.92 Å². The van der Waals surface area contributed by atoms with Crippen molar-refractivity contribution >= 4 is 0 Å². The summed E-state index contributed by atoms with van der Waals surface area (Å²) in [6.07, 6.45) is -0.0315. The van der Waals surface area contributed by atoms with E-state index >= 15 is 0 Å². The lowest BCUT2D eigenvalue weighted by Gasteiger charge is -2.20. The summed E-state index contributed by atoms with van der Waals surface area (Å²) in [5, 5.41) is 3.49. The summed E-state index contributed by atoms with van der Waals surface area (Å²) in [6, 6.07) is 1.24. The van der Waals surface area contributed by atoms with Crippen molar-refractivity contribution in [1.29, 1.82) is 0 Å². The molecule has 0 bridgehead atoms. The molecule has 0 saturated carbocycles. The Morgan fingerprint density at radius 1 is 1.60 bits per heavy atom. The molecule has 0 radical (unpaired) electrons. The average Bonchev–Trinajstić information content (AvgIpc) is 2.72. The van der Waals surface area contributed by atoms with E-state index in [4.69, 9.17) is 15.0 Å². The third kappa shape index (κ3) is 2.60. The van der Waals surface area contributed by atoms with Gasteiger partial charge in [-0.15, -0.1) is 0 Å². The van der Waals surface area contributed by atoms with Crippen LogP contribution in [0.5, 0.6) is 0 Å². The molecule has 20 heavy (non-hydrogen) atoms. The zero-order valence-corrected chi connectivity index (χ0v) is 11.1. The predicted molar refractivity (Wildman–Crippen MR) is 69.2 cm³/mol. The van der Waals surface area contributed by atoms with E-state index < -0.39 is 17.5 Å². The highest BCUT2D eigenvalue weighted by atomic mass is 16.6. The second-order valence-electron chi connectivity index (χ2n) is 4.56. The Morgan fingerprint density at radius 2 is 2.35 bits per heavy atom. The van der Waals surface area contributed by atoms with Crippen LogP contribution < -0.4 is 11.2 Å². The van der Waals surface area contributed by atoms with Crippen molar-refractivity contribution in [2.45, 2.75) is 25.4 Å². The Hall–Kier alpha value is -2.09. The van der Waals surface area contributed by atoms with Crippen LogP contribution >= 0.6 is 0 Å².